The quantitative estimate of drug-likeness (QED) is 0.906. The van der Waals surface area contributed by atoms with Crippen molar-refractivity contribution in [3.63, 3.8) is 0 Å². The largest absolute Gasteiger partial charge is 0.496 e. The summed E-state index contributed by atoms with van der Waals surface area (Å²) in [4.78, 5) is 2.05. The summed E-state index contributed by atoms with van der Waals surface area (Å²) >= 11 is 12.5. The number of hydrogen-bond acceptors (Lipinski definition) is 4. The highest BCUT2D eigenvalue weighted by Crippen LogP contribution is 2.40. The lowest BCUT2D eigenvalue weighted by Crippen LogP contribution is -2.09. The maximum absolute atomic E-state index is 6.18. The summed E-state index contributed by atoms with van der Waals surface area (Å²) in [6, 6.07) is 3.63. The van der Waals surface area contributed by atoms with E-state index < -0.39 is 0 Å². The van der Waals surface area contributed by atoms with Crippen LogP contribution in [0, 0.1) is 0 Å². The summed E-state index contributed by atoms with van der Waals surface area (Å²) in [7, 11) is 1.65. The molecule has 0 aliphatic heterocycles. The van der Waals surface area contributed by atoms with Crippen molar-refractivity contribution in [2.75, 3.05) is 7.11 Å². The second kappa shape index (κ2) is 5.06. The Kier molecular flexibility index (Phi) is 3.92. The van der Waals surface area contributed by atoms with E-state index >= 15 is 0 Å². The summed E-state index contributed by atoms with van der Waals surface area (Å²) in [6.07, 6.45) is 0. The molecule has 0 aromatic carbocycles. The number of nitrogens with two attached hydrogens (primary N) is 1. The summed E-state index contributed by atoms with van der Waals surface area (Å²) in [6.45, 7) is 0. The lowest BCUT2D eigenvalue weighted by Gasteiger charge is -2.09. The molecular weight excluding hydrogens is 330 g/mol. The molecule has 0 spiro atoms. The fourth-order valence-electron chi connectivity index (χ4n) is 1.35. The van der Waals surface area contributed by atoms with E-state index in [1.54, 1.807) is 29.8 Å². The van der Waals surface area contributed by atoms with Gasteiger partial charge in [0.15, 0.2) is 0 Å². The molecule has 0 aliphatic carbocycles. The molecule has 6 heteroatoms. The molecule has 2 heterocycles. The van der Waals surface area contributed by atoms with E-state index in [9.17, 15) is 0 Å². The van der Waals surface area contributed by atoms with Crippen LogP contribution in [-0.4, -0.2) is 7.11 Å². The molecule has 0 saturated carbocycles. The molecule has 16 heavy (non-hydrogen) atoms. The monoisotopic (exact) mass is 337 g/mol. The van der Waals surface area contributed by atoms with E-state index in [0.29, 0.717) is 5.02 Å². The van der Waals surface area contributed by atoms with Crippen LogP contribution in [0.25, 0.3) is 0 Å². The van der Waals surface area contributed by atoms with E-state index in [-0.39, 0.29) is 6.04 Å². The first-order valence-corrected chi connectivity index (χ1v) is 7.32. The van der Waals surface area contributed by atoms with Crippen molar-refractivity contribution < 1.29 is 4.74 Å². The van der Waals surface area contributed by atoms with E-state index in [4.69, 9.17) is 22.1 Å². The third kappa shape index (κ3) is 2.28. The van der Waals surface area contributed by atoms with Crippen LogP contribution in [0.2, 0.25) is 5.02 Å². The molecule has 1 unspecified atom stereocenters. The van der Waals surface area contributed by atoms with Gasteiger partial charge in [-0.25, -0.2) is 0 Å². The van der Waals surface area contributed by atoms with E-state index in [1.165, 1.54) is 0 Å². The zero-order valence-corrected chi connectivity index (χ0v) is 12.3. The zero-order valence-electron chi connectivity index (χ0n) is 8.37. The Morgan fingerprint density at radius 2 is 2.31 bits per heavy atom. The Morgan fingerprint density at radius 1 is 1.56 bits per heavy atom. The molecular formula is C10H9BrClNOS2. The number of ether oxygens (including phenoxy) is 1. The lowest BCUT2D eigenvalue weighted by molar-refractivity contribution is 0.411. The first-order valence-electron chi connectivity index (χ1n) is 4.45. The van der Waals surface area contributed by atoms with Gasteiger partial charge in [0.1, 0.15) is 5.75 Å². The van der Waals surface area contributed by atoms with Crippen molar-refractivity contribution in [2.45, 2.75) is 6.04 Å². The van der Waals surface area contributed by atoms with Gasteiger partial charge in [-0.3, -0.25) is 0 Å². The van der Waals surface area contributed by atoms with Crippen molar-refractivity contribution in [3.8, 4) is 5.75 Å². The van der Waals surface area contributed by atoms with Gasteiger partial charge < -0.3 is 10.5 Å². The Labute approximate surface area is 115 Å². The highest BCUT2D eigenvalue weighted by Gasteiger charge is 2.18. The first kappa shape index (κ1) is 12.4. The van der Waals surface area contributed by atoms with E-state index in [1.807, 2.05) is 17.5 Å². The van der Waals surface area contributed by atoms with Crippen LogP contribution in [-0.2, 0) is 0 Å². The molecule has 2 aromatic rings. The van der Waals surface area contributed by atoms with Gasteiger partial charge in [0.25, 0.3) is 0 Å². The topological polar surface area (TPSA) is 35.2 Å². The predicted molar refractivity (Wildman–Crippen MR) is 73.9 cm³/mol. The molecule has 0 bridgehead atoms. The minimum atomic E-state index is -0.177. The minimum Gasteiger partial charge on any atom is -0.496 e. The Balaban J connectivity index is 2.35. The van der Waals surface area contributed by atoms with Gasteiger partial charge in [-0.05, 0) is 33.4 Å². The van der Waals surface area contributed by atoms with Gasteiger partial charge in [-0.1, -0.05) is 11.6 Å². The second-order valence-electron chi connectivity index (χ2n) is 3.10. The highest BCUT2D eigenvalue weighted by molar-refractivity contribution is 9.11. The molecule has 2 rings (SSSR count). The minimum absolute atomic E-state index is 0.177. The highest BCUT2D eigenvalue weighted by atomic mass is 79.9. The number of thiophene rings is 2. The molecule has 0 saturated heterocycles. The fourth-order valence-corrected chi connectivity index (χ4v) is 4.06. The van der Waals surface area contributed by atoms with Crippen molar-refractivity contribution in [1.82, 2.24) is 0 Å². The van der Waals surface area contributed by atoms with Gasteiger partial charge >= 0.3 is 0 Å². The third-order valence-electron chi connectivity index (χ3n) is 2.13. The van der Waals surface area contributed by atoms with Crippen LogP contribution in [0.4, 0.5) is 0 Å². The van der Waals surface area contributed by atoms with Gasteiger partial charge in [-0.15, -0.1) is 22.7 Å². The SMILES string of the molecule is COc1ccsc1C(N)c1cc(Cl)c(Br)s1. The number of hydrogen-bond donors (Lipinski definition) is 1. The first-order chi connectivity index (χ1) is 7.63. The smallest absolute Gasteiger partial charge is 0.134 e. The van der Waals surface area contributed by atoms with E-state index in [0.717, 1.165) is 19.3 Å². The van der Waals surface area contributed by atoms with Crippen LogP contribution >= 0.6 is 50.2 Å². The number of rotatable bonds is 3. The molecule has 86 valence electrons. The van der Waals surface area contributed by atoms with Crippen molar-refractivity contribution in [2.24, 2.45) is 5.73 Å². The number of halogens is 2. The standard InChI is InChI=1S/C10H9BrClNOS2/c1-14-6-2-3-15-9(6)8(13)7-4-5(12)10(11)16-7/h2-4,8H,13H2,1H3. The Hall–Kier alpha value is -0.0700. The lowest BCUT2D eigenvalue weighted by atomic mass is 10.2. The van der Waals surface area contributed by atoms with Gasteiger partial charge in [0.05, 0.1) is 26.8 Å². The van der Waals surface area contributed by atoms with Crippen LogP contribution in [0.15, 0.2) is 21.3 Å². The Morgan fingerprint density at radius 3 is 2.88 bits per heavy atom. The maximum Gasteiger partial charge on any atom is 0.134 e. The summed E-state index contributed by atoms with van der Waals surface area (Å²) < 4.78 is 6.17. The van der Waals surface area contributed by atoms with Crippen LogP contribution in [0.1, 0.15) is 15.8 Å². The zero-order chi connectivity index (χ0) is 11.7. The average Bonchev–Trinajstić information content (AvgIpc) is 2.85. The molecule has 0 radical (unpaired) electrons. The molecule has 0 fully saturated rings. The number of methoxy groups -OCH3 is 1. The van der Waals surface area contributed by atoms with Crippen LogP contribution in [0.3, 0.4) is 0 Å². The normalized spacial score (nSPS) is 12.8. The Bertz CT molecular complexity index is 477. The predicted octanol–water partition coefficient (Wildman–Crippen LogP) is 4.28. The molecule has 0 aliphatic rings. The molecule has 2 nitrogen and oxygen atoms in total. The second-order valence-corrected chi connectivity index (χ2v) is 6.86. The molecule has 0 amide bonds. The van der Waals surface area contributed by atoms with Crippen molar-refractivity contribution >= 4 is 50.2 Å². The van der Waals surface area contributed by atoms with Gasteiger partial charge in [0, 0.05) is 4.88 Å². The van der Waals surface area contributed by atoms with Crippen molar-refractivity contribution in [3.05, 3.63) is 36.1 Å². The van der Waals surface area contributed by atoms with Crippen molar-refractivity contribution in [1.29, 1.82) is 0 Å². The van der Waals surface area contributed by atoms with E-state index in [2.05, 4.69) is 15.9 Å². The van der Waals surface area contributed by atoms with Gasteiger partial charge in [-0.2, -0.15) is 0 Å². The molecule has 1 atom stereocenters. The maximum atomic E-state index is 6.18. The summed E-state index contributed by atoms with van der Waals surface area (Å²) in [5.74, 6) is 0.832. The van der Waals surface area contributed by atoms with Crippen LogP contribution in [0.5, 0.6) is 5.75 Å². The van der Waals surface area contributed by atoms with Gasteiger partial charge in [0.2, 0.25) is 0 Å². The average molecular weight is 339 g/mol. The fraction of sp³-hybridized carbons (Fsp3) is 0.200. The summed E-state index contributed by atoms with van der Waals surface area (Å²) in [5, 5.41) is 2.67. The van der Waals surface area contributed by atoms with Crippen LogP contribution < -0.4 is 10.5 Å². The molecule has 2 aromatic heterocycles. The molecule has 2 N–H and O–H groups in total. The summed E-state index contributed by atoms with van der Waals surface area (Å²) in [5.41, 5.74) is 6.18. The third-order valence-corrected chi connectivity index (χ3v) is 5.67.